The molecule has 1 amide bonds. The number of nitrogens with one attached hydrogen (secondary N) is 1. The van der Waals surface area contributed by atoms with Crippen LogP contribution in [0.25, 0.3) is 0 Å². The average molecular weight is 317 g/mol. The van der Waals surface area contributed by atoms with Crippen molar-refractivity contribution < 1.29 is 24.4 Å². The van der Waals surface area contributed by atoms with Crippen molar-refractivity contribution in [3.63, 3.8) is 0 Å². The number of quaternary nitrogens is 1. The van der Waals surface area contributed by atoms with Gasteiger partial charge in [-0.1, -0.05) is 12.1 Å². The molecule has 0 spiro atoms. The second kappa shape index (κ2) is 8.00. The summed E-state index contributed by atoms with van der Waals surface area (Å²) in [6.45, 7) is 0.361. The van der Waals surface area contributed by atoms with Crippen molar-refractivity contribution in [3.05, 3.63) is 60.2 Å². The zero-order chi connectivity index (χ0) is 16.7. The van der Waals surface area contributed by atoms with Crippen LogP contribution < -0.4 is 15.7 Å². The quantitative estimate of drug-likeness (QED) is 0.714. The summed E-state index contributed by atoms with van der Waals surface area (Å²) in [5.41, 5.74) is 1.11. The molecule has 3 N–H and O–H groups in total. The number of hydrogen-bond acceptors (Lipinski definition) is 4. The van der Waals surface area contributed by atoms with Crippen LogP contribution in [0, 0.1) is 5.82 Å². The molecule has 7 heteroatoms. The third kappa shape index (κ3) is 5.48. The van der Waals surface area contributed by atoms with Crippen LogP contribution in [0.4, 0.5) is 10.1 Å². The van der Waals surface area contributed by atoms with E-state index in [-0.39, 0.29) is 12.1 Å². The van der Waals surface area contributed by atoms with Crippen molar-refractivity contribution in [1.82, 2.24) is 4.98 Å². The molecule has 0 saturated carbocycles. The van der Waals surface area contributed by atoms with Gasteiger partial charge in [0, 0.05) is 23.6 Å². The molecule has 2 rings (SSSR count). The molecule has 0 bridgehead atoms. The first-order chi connectivity index (χ1) is 11.0. The number of rotatable bonds is 7. The van der Waals surface area contributed by atoms with Crippen LogP contribution in [-0.4, -0.2) is 22.9 Å². The number of carbonyl (C=O) groups excluding carboxylic acids is 2. The number of pyridine rings is 1. The Morgan fingerprint density at radius 2 is 2.13 bits per heavy atom. The first-order valence-electron chi connectivity index (χ1n) is 7.03. The summed E-state index contributed by atoms with van der Waals surface area (Å²) in [6, 6.07) is 7.90. The number of benzene rings is 1. The van der Waals surface area contributed by atoms with E-state index in [0.29, 0.717) is 6.54 Å². The lowest BCUT2D eigenvalue weighted by Gasteiger charge is -2.16. The Kier molecular flexibility index (Phi) is 5.76. The highest BCUT2D eigenvalue weighted by Gasteiger charge is 2.18. The first kappa shape index (κ1) is 16.6. The number of halogens is 1. The lowest BCUT2D eigenvalue weighted by atomic mass is 10.1. The van der Waals surface area contributed by atoms with E-state index in [9.17, 15) is 19.1 Å². The molecule has 23 heavy (non-hydrogen) atoms. The number of amides is 1. The van der Waals surface area contributed by atoms with Crippen molar-refractivity contribution in [2.24, 2.45) is 0 Å². The molecule has 1 heterocycles. The van der Waals surface area contributed by atoms with E-state index in [0.717, 1.165) is 11.6 Å². The number of nitrogens with zero attached hydrogens (tertiary/aromatic N) is 1. The van der Waals surface area contributed by atoms with E-state index >= 15 is 0 Å². The molecule has 2 aromatic rings. The summed E-state index contributed by atoms with van der Waals surface area (Å²) in [6.07, 6.45) is 2.96. The number of carboxylic acids is 1. The Hall–Kier alpha value is -2.80. The number of anilines is 1. The van der Waals surface area contributed by atoms with E-state index in [4.69, 9.17) is 0 Å². The first-order valence-corrected chi connectivity index (χ1v) is 7.03. The third-order valence-corrected chi connectivity index (χ3v) is 3.18. The molecule has 0 fully saturated rings. The summed E-state index contributed by atoms with van der Waals surface area (Å²) in [5, 5.41) is 15.1. The summed E-state index contributed by atoms with van der Waals surface area (Å²) in [4.78, 5) is 27.0. The molecule has 0 unspecified atom stereocenters. The molecule has 120 valence electrons. The van der Waals surface area contributed by atoms with Gasteiger partial charge in [0.2, 0.25) is 5.91 Å². The smallest absolute Gasteiger partial charge is 0.230 e. The van der Waals surface area contributed by atoms with Gasteiger partial charge in [0.05, 0.1) is 12.4 Å². The molecular formula is C16H16FN3O3. The maximum atomic E-state index is 13.0. The van der Waals surface area contributed by atoms with Crippen LogP contribution in [0.3, 0.4) is 0 Å². The van der Waals surface area contributed by atoms with Crippen LogP contribution in [0.2, 0.25) is 0 Å². The van der Waals surface area contributed by atoms with E-state index in [1.165, 1.54) is 23.5 Å². The fourth-order valence-electron chi connectivity index (χ4n) is 2.04. The summed E-state index contributed by atoms with van der Waals surface area (Å²) in [7, 11) is 0. The Morgan fingerprint density at radius 3 is 2.78 bits per heavy atom. The van der Waals surface area contributed by atoms with E-state index in [2.05, 4.69) is 10.3 Å². The molecule has 1 atom stereocenters. The Labute approximate surface area is 132 Å². The second-order valence-corrected chi connectivity index (χ2v) is 4.99. The van der Waals surface area contributed by atoms with Crippen molar-refractivity contribution in [1.29, 1.82) is 0 Å². The molecule has 0 aliphatic rings. The molecule has 0 radical (unpaired) electrons. The van der Waals surface area contributed by atoms with E-state index < -0.39 is 23.7 Å². The molecule has 0 saturated heterocycles. The second-order valence-electron chi connectivity index (χ2n) is 4.99. The number of aliphatic carboxylic acids is 1. The van der Waals surface area contributed by atoms with Crippen LogP contribution in [-0.2, 0) is 16.1 Å². The zero-order valence-electron chi connectivity index (χ0n) is 12.2. The van der Waals surface area contributed by atoms with Gasteiger partial charge in [-0.15, -0.1) is 0 Å². The van der Waals surface area contributed by atoms with Crippen molar-refractivity contribution in [3.8, 4) is 0 Å². The van der Waals surface area contributed by atoms with Gasteiger partial charge in [0.1, 0.15) is 18.4 Å². The SMILES string of the molecule is O=C(C[C@@H]([NH2+]Cc1cccnc1)C(=O)[O-])Nc1cccc(F)c1. The number of carbonyl (C=O) groups is 2. The maximum absolute atomic E-state index is 13.0. The van der Waals surface area contributed by atoms with Gasteiger partial charge in [-0.25, -0.2) is 4.39 Å². The van der Waals surface area contributed by atoms with Gasteiger partial charge in [0.25, 0.3) is 0 Å². The monoisotopic (exact) mass is 317 g/mol. The highest BCUT2D eigenvalue weighted by Crippen LogP contribution is 2.09. The van der Waals surface area contributed by atoms with Crippen LogP contribution >= 0.6 is 0 Å². The van der Waals surface area contributed by atoms with Gasteiger partial charge >= 0.3 is 0 Å². The minimum absolute atomic E-state index is 0.277. The molecule has 0 aliphatic carbocycles. The molecule has 0 aliphatic heterocycles. The molecule has 1 aromatic heterocycles. The molecule has 6 nitrogen and oxygen atoms in total. The fourth-order valence-corrected chi connectivity index (χ4v) is 2.04. The molecular weight excluding hydrogens is 301 g/mol. The van der Waals surface area contributed by atoms with Crippen LogP contribution in [0.15, 0.2) is 48.8 Å². The molecule has 1 aromatic carbocycles. The highest BCUT2D eigenvalue weighted by atomic mass is 19.1. The van der Waals surface area contributed by atoms with Gasteiger partial charge < -0.3 is 20.5 Å². The van der Waals surface area contributed by atoms with Crippen molar-refractivity contribution in [2.45, 2.75) is 19.0 Å². The Bertz CT molecular complexity index is 679. The summed E-state index contributed by atoms with van der Waals surface area (Å²) in [5.74, 6) is -2.34. The van der Waals surface area contributed by atoms with E-state index in [1.54, 1.807) is 18.5 Å². The van der Waals surface area contributed by atoms with Gasteiger partial charge in [0.15, 0.2) is 0 Å². The minimum atomic E-state index is -1.33. The van der Waals surface area contributed by atoms with Crippen LogP contribution in [0.1, 0.15) is 12.0 Å². The zero-order valence-corrected chi connectivity index (χ0v) is 12.2. The summed E-state index contributed by atoms with van der Waals surface area (Å²) >= 11 is 0. The van der Waals surface area contributed by atoms with Crippen LogP contribution in [0.5, 0.6) is 0 Å². The summed E-state index contributed by atoms with van der Waals surface area (Å²) < 4.78 is 13.0. The highest BCUT2D eigenvalue weighted by molar-refractivity contribution is 5.93. The average Bonchev–Trinajstić information content (AvgIpc) is 2.52. The number of hydrogen-bond donors (Lipinski definition) is 2. The van der Waals surface area contributed by atoms with Crippen molar-refractivity contribution in [2.75, 3.05) is 5.32 Å². The van der Waals surface area contributed by atoms with Gasteiger partial charge in [-0.2, -0.15) is 0 Å². The topological polar surface area (TPSA) is 98.7 Å². The third-order valence-electron chi connectivity index (χ3n) is 3.18. The van der Waals surface area contributed by atoms with Gasteiger partial charge in [-0.3, -0.25) is 9.78 Å². The number of aromatic nitrogens is 1. The predicted molar refractivity (Wildman–Crippen MR) is 78.3 cm³/mol. The fraction of sp³-hybridized carbons (Fsp3) is 0.188. The largest absolute Gasteiger partial charge is 0.544 e. The number of carboxylic acid groups (broad SMARTS) is 1. The lowest BCUT2D eigenvalue weighted by molar-refractivity contribution is -0.697. The number of nitrogens with two attached hydrogens (primary N) is 1. The standard InChI is InChI=1S/C16H16FN3O3/c17-12-4-1-5-13(7-12)20-15(21)8-14(16(22)23)19-10-11-3-2-6-18-9-11/h1-7,9,14,19H,8,10H2,(H,20,21)(H,22,23)/t14-/m1/s1. The van der Waals surface area contributed by atoms with Gasteiger partial charge in [-0.05, 0) is 24.3 Å². The Balaban J connectivity index is 1.91. The maximum Gasteiger partial charge on any atom is 0.230 e. The Morgan fingerprint density at radius 1 is 1.30 bits per heavy atom. The lowest BCUT2D eigenvalue weighted by Crippen LogP contribution is -2.92. The van der Waals surface area contributed by atoms with Crippen molar-refractivity contribution >= 4 is 17.6 Å². The minimum Gasteiger partial charge on any atom is -0.544 e. The van der Waals surface area contributed by atoms with E-state index in [1.807, 2.05) is 6.07 Å². The predicted octanol–water partition coefficient (Wildman–Crippen LogP) is -0.569. The normalized spacial score (nSPS) is 11.7.